The molecule has 0 amide bonds. The quantitative estimate of drug-likeness (QED) is 0.826. The first-order valence-corrected chi connectivity index (χ1v) is 6.99. The highest BCUT2D eigenvalue weighted by Crippen LogP contribution is 2.32. The van der Waals surface area contributed by atoms with Crippen LogP contribution < -0.4 is 14.8 Å². The molecule has 0 heterocycles. The Morgan fingerprint density at radius 2 is 1.73 bits per heavy atom. The Morgan fingerprint density at radius 1 is 1.09 bits per heavy atom. The lowest BCUT2D eigenvalue weighted by Crippen LogP contribution is -2.21. The maximum atomic E-state index is 14.0. The van der Waals surface area contributed by atoms with E-state index in [2.05, 4.69) is 5.32 Å². The van der Waals surface area contributed by atoms with Crippen LogP contribution in [-0.2, 0) is 6.54 Å². The van der Waals surface area contributed by atoms with Crippen LogP contribution in [0.3, 0.4) is 0 Å². The van der Waals surface area contributed by atoms with Gasteiger partial charge in [-0.25, -0.2) is 4.39 Å². The molecule has 4 nitrogen and oxygen atoms in total. The van der Waals surface area contributed by atoms with Gasteiger partial charge >= 0.3 is 0 Å². The van der Waals surface area contributed by atoms with E-state index < -0.39 is 11.9 Å². The van der Waals surface area contributed by atoms with Crippen molar-refractivity contribution in [2.24, 2.45) is 0 Å². The minimum Gasteiger partial charge on any atom is -0.493 e. The van der Waals surface area contributed by atoms with Gasteiger partial charge in [0.2, 0.25) is 0 Å². The summed E-state index contributed by atoms with van der Waals surface area (Å²) in [6, 6.07) is 12.5. The normalized spacial score (nSPS) is 12.0. The van der Waals surface area contributed by atoms with Crippen molar-refractivity contribution in [1.82, 2.24) is 5.32 Å². The van der Waals surface area contributed by atoms with Gasteiger partial charge in [-0.3, -0.25) is 0 Å². The zero-order chi connectivity index (χ0) is 15.9. The minimum absolute atomic E-state index is 0.179. The number of hydrogen-bond acceptors (Lipinski definition) is 4. The van der Waals surface area contributed by atoms with Crippen molar-refractivity contribution < 1.29 is 19.0 Å². The number of methoxy groups -OCH3 is 2. The lowest BCUT2D eigenvalue weighted by Gasteiger charge is -2.16. The van der Waals surface area contributed by atoms with Gasteiger partial charge in [-0.15, -0.1) is 0 Å². The van der Waals surface area contributed by atoms with Crippen LogP contribution in [-0.4, -0.2) is 25.9 Å². The van der Waals surface area contributed by atoms with Gasteiger partial charge in [-0.05, 0) is 11.6 Å². The highest BCUT2D eigenvalue weighted by Gasteiger charge is 2.17. The predicted octanol–water partition coefficient (Wildman–Crippen LogP) is 2.67. The molecule has 0 saturated heterocycles. The molecule has 0 saturated carbocycles. The molecule has 0 aliphatic heterocycles. The number of benzene rings is 2. The van der Waals surface area contributed by atoms with Crippen molar-refractivity contribution in [2.45, 2.75) is 12.6 Å². The van der Waals surface area contributed by atoms with Crippen molar-refractivity contribution in [2.75, 3.05) is 20.8 Å². The van der Waals surface area contributed by atoms with Gasteiger partial charge in [-0.2, -0.15) is 0 Å². The van der Waals surface area contributed by atoms with Gasteiger partial charge in [0.1, 0.15) is 5.82 Å². The molecular weight excluding hydrogens is 285 g/mol. The van der Waals surface area contributed by atoms with E-state index in [4.69, 9.17) is 9.47 Å². The summed E-state index contributed by atoms with van der Waals surface area (Å²) in [7, 11) is 2.91. The Labute approximate surface area is 129 Å². The molecule has 22 heavy (non-hydrogen) atoms. The third-order valence-corrected chi connectivity index (χ3v) is 3.37. The fourth-order valence-corrected chi connectivity index (χ4v) is 2.18. The highest BCUT2D eigenvalue weighted by atomic mass is 19.1. The van der Waals surface area contributed by atoms with E-state index in [1.807, 2.05) is 30.3 Å². The number of ether oxygens (including phenoxy) is 2. The van der Waals surface area contributed by atoms with Crippen molar-refractivity contribution in [3.63, 3.8) is 0 Å². The van der Waals surface area contributed by atoms with E-state index in [1.165, 1.54) is 26.4 Å². The number of rotatable bonds is 7. The summed E-state index contributed by atoms with van der Waals surface area (Å²) in [5, 5.41) is 13.3. The fraction of sp³-hybridized carbons (Fsp3) is 0.294. The van der Waals surface area contributed by atoms with Crippen molar-refractivity contribution in [3.05, 3.63) is 59.4 Å². The summed E-state index contributed by atoms with van der Waals surface area (Å²) in [5.41, 5.74) is 1.28. The van der Waals surface area contributed by atoms with Crippen LogP contribution in [0.5, 0.6) is 11.5 Å². The average Bonchev–Trinajstić information content (AvgIpc) is 2.55. The number of halogens is 1. The van der Waals surface area contributed by atoms with Crippen LogP contribution in [0, 0.1) is 5.82 Å². The molecule has 2 aromatic rings. The summed E-state index contributed by atoms with van der Waals surface area (Å²) >= 11 is 0. The molecule has 2 rings (SSSR count). The van der Waals surface area contributed by atoms with Crippen LogP contribution >= 0.6 is 0 Å². The molecule has 2 aromatic carbocycles. The Bertz CT molecular complexity index is 604. The van der Waals surface area contributed by atoms with Gasteiger partial charge < -0.3 is 19.9 Å². The van der Waals surface area contributed by atoms with Crippen LogP contribution in [0.25, 0.3) is 0 Å². The molecule has 5 heteroatoms. The Morgan fingerprint density at radius 3 is 2.36 bits per heavy atom. The van der Waals surface area contributed by atoms with Crippen LogP contribution in [0.4, 0.5) is 4.39 Å². The monoisotopic (exact) mass is 305 g/mol. The molecule has 0 spiro atoms. The zero-order valence-electron chi connectivity index (χ0n) is 12.7. The third-order valence-electron chi connectivity index (χ3n) is 3.37. The van der Waals surface area contributed by atoms with E-state index >= 15 is 0 Å². The smallest absolute Gasteiger partial charge is 0.163 e. The van der Waals surface area contributed by atoms with E-state index in [1.54, 1.807) is 0 Å². The Kier molecular flexibility index (Phi) is 5.75. The van der Waals surface area contributed by atoms with Crippen LogP contribution in [0.15, 0.2) is 42.5 Å². The summed E-state index contributed by atoms with van der Waals surface area (Å²) in [5.74, 6) is 0.167. The second kappa shape index (κ2) is 7.77. The SMILES string of the molecule is COc1cc(F)c(C(O)CNCc2ccccc2)cc1OC. The van der Waals surface area contributed by atoms with Gasteiger partial charge in [-0.1, -0.05) is 30.3 Å². The third kappa shape index (κ3) is 3.96. The van der Waals surface area contributed by atoms with Crippen molar-refractivity contribution in [3.8, 4) is 11.5 Å². The maximum Gasteiger partial charge on any atom is 0.163 e. The number of aliphatic hydroxyl groups is 1. The number of hydrogen-bond donors (Lipinski definition) is 2. The maximum absolute atomic E-state index is 14.0. The van der Waals surface area contributed by atoms with E-state index in [-0.39, 0.29) is 12.1 Å². The number of nitrogens with one attached hydrogen (secondary N) is 1. The van der Waals surface area contributed by atoms with E-state index in [0.29, 0.717) is 18.0 Å². The fourth-order valence-electron chi connectivity index (χ4n) is 2.18. The van der Waals surface area contributed by atoms with Crippen molar-refractivity contribution in [1.29, 1.82) is 0 Å². The largest absolute Gasteiger partial charge is 0.493 e. The second-order valence-electron chi connectivity index (χ2n) is 4.86. The van der Waals surface area contributed by atoms with Gasteiger partial charge in [0.05, 0.1) is 20.3 Å². The molecule has 118 valence electrons. The van der Waals surface area contributed by atoms with Gasteiger partial charge in [0.15, 0.2) is 11.5 Å². The molecule has 0 aromatic heterocycles. The summed E-state index contributed by atoms with van der Waals surface area (Å²) in [6.07, 6.45) is -0.969. The van der Waals surface area contributed by atoms with Gasteiger partial charge in [0, 0.05) is 24.7 Å². The predicted molar refractivity (Wildman–Crippen MR) is 82.6 cm³/mol. The molecule has 1 atom stereocenters. The molecular formula is C17H20FNO3. The molecule has 0 aliphatic rings. The first-order valence-electron chi connectivity index (χ1n) is 6.99. The summed E-state index contributed by atoms with van der Waals surface area (Å²) in [4.78, 5) is 0. The molecule has 1 unspecified atom stereocenters. The Hall–Kier alpha value is -2.11. The van der Waals surface area contributed by atoms with E-state index in [0.717, 1.165) is 5.56 Å². The Balaban J connectivity index is 2.01. The summed E-state index contributed by atoms with van der Waals surface area (Å²) < 4.78 is 24.2. The zero-order valence-corrected chi connectivity index (χ0v) is 12.7. The number of aliphatic hydroxyl groups excluding tert-OH is 1. The first-order chi connectivity index (χ1) is 10.7. The summed E-state index contributed by atoms with van der Waals surface area (Å²) in [6.45, 7) is 0.841. The standard InChI is InChI=1S/C17H20FNO3/c1-21-16-8-13(14(18)9-17(16)22-2)15(20)11-19-10-12-6-4-3-5-7-12/h3-9,15,19-20H,10-11H2,1-2H3. The lowest BCUT2D eigenvalue weighted by atomic mass is 10.1. The highest BCUT2D eigenvalue weighted by molar-refractivity contribution is 5.44. The second-order valence-corrected chi connectivity index (χ2v) is 4.86. The lowest BCUT2D eigenvalue weighted by molar-refractivity contribution is 0.169. The molecule has 2 N–H and O–H groups in total. The average molecular weight is 305 g/mol. The molecule has 0 bridgehead atoms. The topological polar surface area (TPSA) is 50.7 Å². The van der Waals surface area contributed by atoms with Gasteiger partial charge in [0.25, 0.3) is 0 Å². The van der Waals surface area contributed by atoms with Crippen LogP contribution in [0.2, 0.25) is 0 Å². The molecule has 0 radical (unpaired) electrons. The minimum atomic E-state index is -0.969. The van der Waals surface area contributed by atoms with Crippen molar-refractivity contribution >= 4 is 0 Å². The van der Waals surface area contributed by atoms with Crippen LogP contribution in [0.1, 0.15) is 17.2 Å². The molecule has 0 fully saturated rings. The molecule has 0 aliphatic carbocycles. The first kappa shape index (κ1) is 16.3. The van der Waals surface area contributed by atoms with E-state index in [9.17, 15) is 9.50 Å².